The van der Waals surface area contributed by atoms with Crippen molar-refractivity contribution in [1.29, 1.82) is 0 Å². The van der Waals surface area contributed by atoms with Crippen LogP contribution in [0.3, 0.4) is 0 Å². The second kappa shape index (κ2) is 10.1. The topological polar surface area (TPSA) is 78.1 Å². The monoisotopic (exact) mass is 374 g/mol. The molecule has 1 amide bonds. The number of aryl methyl sites for hydroxylation is 1. The van der Waals surface area contributed by atoms with E-state index in [0.717, 1.165) is 24.1 Å². The van der Waals surface area contributed by atoms with Gasteiger partial charge in [-0.3, -0.25) is 9.59 Å². The number of hydrogen-bond acceptors (Lipinski definition) is 5. The third kappa shape index (κ3) is 6.31. The SMILES string of the molecule is CCCc1cc(=O)[nH]c(SCC(=O)NC[C@@H](c2ccccc2)N(C)C)n1. The molecule has 1 aromatic heterocycles. The summed E-state index contributed by atoms with van der Waals surface area (Å²) < 4.78 is 0. The average Bonchev–Trinajstić information content (AvgIpc) is 2.60. The molecule has 2 N–H and O–H groups in total. The highest BCUT2D eigenvalue weighted by molar-refractivity contribution is 7.99. The van der Waals surface area contributed by atoms with Crippen LogP contribution >= 0.6 is 11.8 Å². The first kappa shape index (κ1) is 20.2. The molecule has 0 aliphatic rings. The molecule has 140 valence electrons. The predicted octanol–water partition coefficient (Wildman–Crippen LogP) is 2.23. The number of thioether (sulfide) groups is 1. The molecule has 1 aromatic carbocycles. The lowest BCUT2D eigenvalue weighted by Gasteiger charge is -2.25. The quantitative estimate of drug-likeness (QED) is 0.520. The van der Waals surface area contributed by atoms with E-state index >= 15 is 0 Å². The zero-order chi connectivity index (χ0) is 18.9. The lowest BCUT2D eigenvalue weighted by atomic mass is 10.1. The van der Waals surface area contributed by atoms with Crippen molar-refractivity contribution >= 4 is 17.7 Å². The van der Waals surface area contributed by atoms with Gasteiger partial charge in [-0.1, -0.05) is 55.4 Å². The van der Waals surface area contributed by atoms with E-state index in [0.29, 0.717) is 11.7 Å². The Labute approximate surface area is 158 Å². The van der Waals surface area contributed by atoms with Crippen LogP contribution in [0.5, 0.6) is 0 Å². The summed E-state index contributed by atoms with van der Waals surface area (Å²) in [5.74, 6) is 0.134. The average molecular weight is 375 g/mol. The maximum atomic E-state index is 12.2. The van der Waals surface area contributed by atoms with E-state index in [1.807, 2.05) is 39.2 Å². The van der Waals surface area contributed by atoms with E-state index in [-0.39, 0.29) is 23.3 Å². The first-order valence-corrected chi connectivity index (χ1v) is 9.69. The summed E-state index contributed by atoms with van der Waals surface area (Å²) in [5, 5.41) is 3.46. The Morgan fingerprint density at radius 1 is 1.31 bits per heavy atom. The second-order valence-electron chi connectivity index (χ2n) is 6.27. The first-order valence-electron chi connectivity index (χ1n) is 8.70. The number of nitrogens with one attached hydrogen (secondary N) is 2. The number of likely N-dealkylation sites (N-methyl/N-ethyl adjacent to an activating group) is 1. The number of nitrogens with zero attached hydrogens (tertiary/aromatic N) is 2. The third-order valence-electron chi connectivity index (χ3n) is 3.92. The fourth-order valence-electron chi connectivity index (χ4n) is 2.61. The van der Waals surface area contributed by atoms with Gasteiger partial charge in [0, 0.05) is 18.3 Å². The Bertz CT molecular complexity index is 762. The number of amides is 1. The Kier molecular flexibility index (Phi) is 7.87. The molecule has 1 atom stereocenters. The highest BCUT2D eigenvalue weighted by atomic mass is 32.2. The van der Waals surface area contributed by atoms with Gasteiger partial charge in [-0.15, -0.1) is 0 Å². The van der Waals surface area contributed by atoms with E-state index in [9.17, 15) is 9.59 Å². The second-order valence-corrected chi connectivity index (χ2v) is 7.24. The van der Waals surface area contributed by atoms with Crippen molar-refractivity contribution in [2.24, 2.45) is 0 Å². The van der Waals surface area contributed by atoms with E-state index in [1.165, 1.54) is 17.8 Å². The number of aromatic nitrogens is 2. The highest BCUT2D eigenvalue weighted by Crippen LogP contribution is 2.17. The summed E-state index contributed by atoms with van der Waals surface area (Å²) in [5.41, 5.74) is 1.74. The molecular weight excluding hydrogens is 348 g/mol. The molecule has 0 aliphatic heterocycles. The number of carbonyl (C=O) groups is 1. The molecule has 0 saturated carbocycles. The molecule has 0 aliphatic carbocycles. The van der Waals surface area contributed by atoms with Crippen LogP contribution in [0, 0.1) is 0 Å². The zero-order valence-electron chi connectivity index (χ0n) is 15.5. The van der Waals surface area contributed by atoms with Gasteiger partial charge in [0.2, 0.25) is 5.91 Å². The van der Waals surface area contributed by atoms with Gasteiger partial charge < -0.3 is 15.2 Å². The van der Waals surface area contributed by atoms with Crippen molar-refractivity contribution in [1.82, 2.24) is 20.2 Å². The minimum absolute atomic E-state index is 0.0821. The van der Waals surface area contributed by atoms with Crippen LogP contribution in [0.25, 0.3) is 0 Å². The summed E-state index contributed by atoms with van der Waals surface area (Å²) in [6.45, 7) is 2.56. The zero-order valence-corrected chi connectivity index (χ0v) is 16.3. The smallest absolute Gasteiger partial charge is 0.251 e. The lowest BCUT2D eigenvalue weighted by molar-refractivity contribution is -0.118. The van der Waals surface area contributed by atoms with Gasteiger partial charge in [-0.25, -0.2) is 4.98 Å². The molecule has 0 bridgehead atoms. The van der Waals surface area contributed by atoms with Crippen molar-refractivity contribution in [3.8, 4) is 0 Å². The van der Waals surface area contributed by atoms with Crippen LogP contribution in [0.1, 0.15) is 30.6 Å². The molecule has 2 rings (SSSR count). The minimum atomic E-state index is -0.178. The van der Waals surface area contributed by atoms with E-state index in [4.69, 9.17) is 0 Å². The van der Waals surface area contributed by atoms with Gasteiger partial charge in [0.1, 0.15) is 0 Å². The van der Waals surface area contributed by atoms with Gasteiger partial charge in [0.05, 0.1) is 11.8 Å². The normalized spacial score (nSPS) is 12.2. The predicted molar refractivity (Wildman–Crippen MR) is 105 cm³/mol. The number of hydrogen-bond donors (Lipinski definition) is 2. The molecule has 7 heteroatoms. The Morgan fingerprint density at radius 3 is 2.69 bits per heavy atom. The first-order chi connectivity index (χ1) is 12.5. The van der Waals surface area contributed by atoms with Crippen LogP contribution in [0.2, 0.25) is 0 Å². The van der Waals surface area contributed by atoms with Crippen molar-refractivity contribution in [3.63, 3.8) is 0 Å². The van der Waals surface area contributed by atoms with Crippen LogP contribution in [0.4, 0.5) is 0 Å². The molecule has 1 heterocycles. The number of carbonyl (C=O) groups excluding carboxylic acids is 1. The molecule has 0 radical (unpaired) electrons. The molecular formula is C19H26N4O2S. The van der Waals surface area contributed by atoms with Crippen LogP contribution < -0.4 is 10.9 Å². The van der Waals surface area contributed by atoms with Gasteiger partial charge in [-0.05, 0) is 26.1 Å². The summed E-state index contributed by atoms with van der Waals surface area (Å²) in [4.78, 5) is 33.0. The molecule has 0 spiro atoms. The molecule has 26 heavy (non-hydrogen) atoms. The standard InChI is InChI=1S/C19H26N4O2S/c1-4-8-15-11-17(24)22-19(21-15)26-13-18(25)20-12-16(23(2)3)14-9-6-5-7-10-14/h5-7,9-11,16H,4,8,12-13H2,1-3H3,(H,20,25)(H,21,22,24)/t16-/m0/s1. The molecule has 0 saturated heterocycles. The van der Waals surface area contributed by atoms with Crippen LogP contribution in [-0.4, -0.2) is 47.2 Å². The summed E-state index contributed by atoms with van der Waals surface area (Å²) in [7, 11) is 3.99. The molecule has 0 unspecified atom stereocenters. The van der Waals surface area contributed by atoms with Crippen molar-refractivity contribution in [2.45, 2.75) is 31.0 Å². The lowest BCUT2D eigenvalue weighted by Crippen LogP contribution is -2.35. The van der Waals surface area contributed by atoms with Crippen LogP contribution in [0.15, 0.2) is 46.3 Å². The van der Waals surface area contributed by atoms with Crippen LogP contribution in [-0.2, 0) is 11.2 Å². The third-order valence-corrected chi connectivity index (χ3v) is 4.79. The molecule has 0 fully saturated rings. The minimum Gasteiger partial charge on any atom is -0.353 e. The van der Waals surface area contributed by atoms with Gasteiger partial charge in [-0.2, -0.15) is 0 Å². The number of rotatable bonds is 9. The number of H-pyrrole nitrogens is 1. The van der Waals surface area contributed by atoms with Gasteiger partial charge in [0.25, 0.3) is 5.56 Å². The van der Waals surface area contributed by atoms with Gasteiger partial charge >= 0.3 is 0 Å². The fraction of sp³-hybridized carbons (Fsp3) is 0.421. The maximum absolute atomic E-state index is 12.2. The van der Waals surface area contributed by atoms with Crippen molar-refractivity contribution in [2.75, 3.05) is 26.4 Å². The number of benzene rings is 1. The fourth-order valence-corrected chi connectivity index (χ4v) is 3.33. The molecule has 6 nitrogen and oxygen atoms in total. The Hall–Kier alpha value is -2.12. The van der Waals surface area contributed by atoms with E-state index in [2.05, 4.69) is 32.3 Å². The Balaban J connectivity index is 1.89. The highest BCUT2D eigenvalue weighted by Gasteiger charge is 2.15. The van der Waals surface area contributed by atoms with Crippen molar-refractivity contribution < 1.29 is 4.79 Å². The largest absolute Gasteiger partial charge is 0.353 e. The van der Waals surface area contributed by atoms with E-state index < -0.39 is 0 Å². The summed E-state index contributed by atoms with van der Waals surface area (Å²) in [6.07, 6.45) is 1.68. The van der Waals surface area contributed by atoms with Crippen molar-refractivity contribution in [3.05, 3.63) is 58.0 Å². The van der Waals surface area contributed by atoms with Gasteiger partial charge in [0.15, 0.2) is 5.16 Å². The van der Waals surface area contributed by atoms with E-state index in [1.54, 1.807) is 0 Å². The Morgan fingerprint density at radius 2 is 2.04 bits per heavy atom. The molecule has 2 aromatic rings. The summed E-state index contributed by atoms with van der Waals surface area (Å²) in [6, 6.07) is 11.7. The maximum Gasteiger partial charge on any atom is 0.251 e. The summed E-state index contributed by atoms with van der Waals surface area (Å²) >= 11 is 1.25. The number of aromatic amines is 1.